The fourth-order valence-electron chi connectivity index (χ4n) is 2.04. The van der Waals surface area contributed by atoms with Gasteiger partial charge in [0, 0.05) is 36.3 Å². The molecule has 0 fully saturated rings. The molecule has 0 aliphatic heterocycles. The van der Waals surface area contributed by atoms with Crippen molar-refractivity contribution in [1.29, 1.82) is 0 Å². The van der Waals surface area contributed by atoms with E-state index in [1.165, 1.54) is 12.1 Å². The number of likely N-dealkylation sites (N-methyl/N-ethyl adjacent to an activating group) is 1. The maximum Gasteiger partial charge on any atom is 0.288 e. The molecule has 1 amide bonds. The van der Waals surface area contributed by atoms with Gasteiger partial charge in [-0.1, -0.05) is 30.0 Å². The molecule has 0 unspecified atom stereocenters. The molecule has 0 heterocycles. The Kier molecular flexibility index (Phi) is 6.40. The number of hydrogen-bond acceptors (Lipinski definition) is 3. The van der Waals surface area contributed by atoms with Crippen LogP contribution < -0.4 is 10.2 Å². The normalized spacial score (nSPS) is 10.6. The maximum absolute atomic E-state index is 12.2. The molecule has 2 aromatic carbocycles. The molecule has 0 radical (unpaired) electrons. The summed E-state index contributed by atoms with van der Waals surface area (Å²) in [6.45, 7) is 1.17. The number of nitrogens with one attached hydrogen (secondary N) is 1. The van der Waals surface area contributed by atoms with Gasteiger partial charge in [0.1, 0.15) is 0 Å². The van der Waals surface area contributed by atoms with Gasteiger partial charge in [0.2, 0.25) is 0 Å². The van der Waals surface area contributed by atoms with Crippen molar-refractivity contribution in [3.8, 4) is 0 Å². The number of rotatable bonds is 7. The van der Waals surface area contributed by atoms with Crippen molar-refractivity contribution in [2.45, 2.75) is 10.7 Å². The summed E-state index contributed by atoms with van der Waals surface area (Å²) >= 11 is 0.467. The SMILES string of the molecule is CN(CCNC(=O)c1ccc(SC(F)F)cc1)c1ccccc1. The number of carbonyl (C=O) groups is 1. The maximum atomic E-state index is 12.2. The van der Waals surface area contributed by atoms with Crippen LogP contribution in [0.3, 0.4) is 0 Å². The van der Waals surface area contributed by atoms with Crippen LogP contribution in [0.4, 0.5) is 14.5 Å². The van der Waals surface area contributed by atoms with E-state index >= 15 is 0 Å². The Hall–Kier alpha value is -2.08. The number of para-hydroxylation sites is 1. The Labute approximate surface area is 138 Å². The van der Waals surface area contributed by atoms with E-state index in [0.717, 1.165) is 5.69 Å². The third kappa shape index (κ3) is 5.56. The number of hydrogen-bond donors (Lipinski definition) is 1. The summed E-state index contributed by atoms with van der Waals surface area (Å²) in [4.78, 5) is 14.5. The standard InChI is InChI=1S/C17H18F2N2OS/c1-21(14-5-3-2-4-6-14)12-11-20-16(22)13-7-9-15(10-8-13)23-17(18)19/h2-10,17H,11-12H2,1H3,(H,20,22). The van der Waals surface area contributed by atoms with Crippen LogP contribution in [0.2, 0.25) is 0 Å². The first-order chi connectivity index (χ1) is 11.1. The van der Waals surface area contributed by atoms with Crippen LogP contribution in [0, 0.1) is 0 Å². The van der Waals surface area contributed by atoms with Gasteiger partial charge >= 0.3 is 0 Å². The minimum Gasteiger partial charge on any atom is -0.373 e. The fourth-order valence-corrected chi connectivity index (χ4v) is 2.54. The molecular formula is C17H18F2N2OS. The van der Waals surface area contributed by atoms with Crippen LogP contribution in [0.1, 0.15) is 10.4 Å². The number of thioether (sulfide) groups is 1. The molecule has 3 nitrogen and oxygen atoms in total. The minimum absolute atomic E-state index is 0.208. The number of halogens is 2. The first kappa shape index (κ1) is 17.3. The molecule has 6 heteroatoms. The van der Waals surface area contributed by atoms with Gasteiger partial charge in [-0.15, -0.1) is 0 Å². The highest BCUT2D eigenvalue weighted by Crippen LogP contribution is 2.25. The zero-order chi connectivity index (χ0) is 16.7. The van der Waals surface area contributed by atoms with Crippen LogP contribution in [0.25, 0.3) is 0 Å². The summed E-state index contributed by atoms with van der Waals surface area (Å²) in [5.41, 5.74) is 1.54. The van der Waals surface area contributed by atoms with Crippen molar-refractivity contribution >= 4 is 23.4 Å². The quantitative estimate of drug-likeness (QED) is 0.779. The molecule has 2 aromatic rings. The van der Waals surface area contributed by atoms with Gasteiger partial charge in [-0.25, -0.2) is 0 Å². The van der Waals surface area contributed by atoms with Gasteiger partial charge < -0.3 is 10.2 Å². The topological polar surface area (TPSA) is 32.3 Å². The Morgan fingerprint density at radius 2 is 1.78 bits per heavy atom. The zero-order valence-electron chi connectivity index (χ0n) is 12.7. The second kappa shape index (κ2) is 8.53. The number of amides is 1. The monoisotopic (exact) mass is 336 g/mol. The van der Waals surface area contributed by atoms with Crippen molar-refractivity contribution in [3.63, 3.8) is 0 Å². The first-order valence-corrected chi connectivity index (χ1v) is 8.03. The van der Waals surface area contributed by atoms with Gasteiger partial charge in [0.25, 0.3) is 11.7 Å². The second-order valence-electron chi connectivity index (χ2n) is 4.92. The van der Waals surface area contributed by atoms with E-state index in [-0.39, 0.29) is 5.91 Å². The Bertz CT molecular complexity index is 620. The summed E-state index contributed by atoms with van der Waals surface area (Å²) < 4.78 is 24.5. The van der Waals surface area contributed by atoms with Gasteiger partial charge in [0.15, 0.2) is 0 Å². The fraction of sp³-hybridized carbons (Fsp3) is 0.235. The number of carbonyl (C=O) groups excluding carboxylic acids is 1. The van der Waals surface area contributed by atoms with E-state index < -0.39 is 5.76 Å². The predicted molar refractivity (Wildman–Crippen MR) is 90.3 cm³/mol. The molecule has 122 valence electrons. The Morgan fingerprint density at radius 1 is 1.13 bits per heavy atom. The number of nitrogens with zero attached hydrogens (tertiary/aromatic N) is 1. The van der Waals surface area contributed by atoms with Gasteiger partial charge in [-0.3, -0.25) is 4.79 Å². The molecular weight excluding hydrogens is 318 g/mol. The Balaban J connectivity index is 1.80. The van der Waals surface area contributed by atoms with Crippen LogP contribution in [0.5, 0.6) is 0 Å². The van der Waals surface area contributed by atoms with E-state index in [1.54, 1.807) is 12.1 Å². The van der Waals surface area contributed by atoms with Crippen LogP contribution >= 0.6 is 11.8 Å². The van der Waals surface area contributed by atoms with E-state index in [0.29, 0.717) is 35.3 Å². The highest BCUT2D eigenvalue weighted by molar-refractivity contribution is 7.99. The molecule has 0 saturated heterocycles. The van der Waals surface area contributed by atoms with E-state index in [4.69, 9.17) is 0 Å². The van der Waals surface area contributed by atoms with E-state index in [1.807, 2.05) is 42.3 Å². The van der Waals surface area contributed by atoms with Crippen molar-refractivity contribution in [2.24, 2.45) is 0 Å². The van der Waals surface area contributed by atoms with Crippen molar-refractivity contribution in [3.05, 3.63) is 60.2 Å². The lowest BCUT2D eigenvalue weighted by Crippen LogP contribution is -2.32. The van der Waals surface area contributed by atoms with Gasteiger partial charge in [0.05, 0.1) is 0 Å². The third-order valence-electron chi connectivity index (χ3n) is 3.27. The molecule has 0 saturated carbocycles. The summed E-state index contributed by atoms with van der Waals surface area (Å²) in [6.07, 6.45) is 0. The van der Waals surface area contributed by atoms with E-state index in [9.17, 15) is 13.6 Å². The number of alkyl halides is 2. The molecule has 2 rings (SSSR count). The lowest BCUT2D eigenvalue weighted by molar-refractivity contribution is 0.0954. The van der Waals surface area contributed by atoms with Gasteiger partial charge in [-0.05, 0) is 36.4 Å². The van der Waals surface area contributed by atoms with Crippen LogP contribution in [0.15, 0.2) is 59.5 Å². The zero-order valence-corrected chi connectivity index (χ0v) is 13.5. The van der Waals surface area contributed by atoms with Crippen molar-refractivity contribution in [2.75, 3.05) is 25.0 Å². The number of benzene rings is 2. The minimum atomic E-state index is -2.46. The molecule has 0 bridgehead atoms. The van der Waals surface area contributed by atoms with Gasteiger partial charge in [-0.2, -0.15) is 8.78 Å². The average Bonchev–Trinajstić information content (AvgIpc) is 2.55. The van der Waals surface area contributed by atoms with Crippen molar-refractivity contribution < 1.29 is 13.6 Å². The summed E-state index contributed by atoms with van der Waals surface area (Å²) in [7, 11) is 1.96. The molecule has 0 aliphatic rings. The molecule has 0 aliphatic carbocycles. The summed E-state index contributed by atoms with van der Waals surface area (Å²) in [6, 6.07) is 16.1. The van der Waals surface area contributed by atoms with Crippen molar-refractivity contribution in [1.82, 2.24) is 5.32 Å². The highest BCUT2D eigenvalue weighted by Gasteiger charge is 2.08. The average molecular weight is 336 g/mol. The predicted octanol–water partition coefficient (Wildman–Crippen LogP) is 3.87. The van der Waals surface area contributed by atoms with Crippen LogP contribution in [-0.4, -0.2) is 31.8 Å². The Morgan fingerprint density at radius 3 is 2.39 bits per heavy atom. The lowest BCUT2D eigenvalue weighted by Gasteiger charge is -2.19. The van der Waals surface area contributed by atoms with E-state index in [2.05, 4.69) is 5.32 Å². The largest absolute Gasteiger partial charge is 0.373 e. The smallest absolute Gasteiger partial charge is 0.288 e. The molecule has 0 atom stereocenters. The lowest BCUT2D eigenvalue weighted by atomic mass is 10.2. The third-order valence-corrected chi connectivity index (χ3v) is 3.99. The molecule has 1 N–H and O–H groups in total. The molecule has 23 heavy (non-hydrogen) atoms. The highest BCUT2D eigenvalue weighted by atomic mass is 32.2. The summed E-state index contributed by atoms with van der Waals surface area (Å²) in [5.74, 6) is -2.66. The second-order valence-corrected chi connectivity index (χ2v) is 5.98. The number of anilines is 1. The first-order valence-electron chi connectivity index (χ1n) is 7.15. The van der Waals surface area contributed by atoms with Crippen LogP contribution in [-0.2, 0) is 0 Å². The molecule has 0 spiro atoms. The summed E-state index contributed by atoms with van der Waals surface area (Å²) in [5, 5.41) is 2.82. The molecule has 0 aromatic heterocycles.